The van der Waals surface area contributed by atoms with Gasteiger partial charge in [0.1, 0.15) is 0 Å². The minimum absolute atomic E-state index is 0.425. The summed E-state index contributed by atoms with van der Waals surface area (Å²) in [6.07, 6.45) is 5.45. The van der Waals surface area contributed by atoms with E-state index in [4.69, 9.17) is 4.74 Å². The van der Waals surface area contributed by atoms with Crippen molar-refractivity contribution in [1.82, 2.24) is 0 Å². The van der Waals surface area contributed by atoms with Gasteiger partial charge in [-0.05, 0) is 68.7 Å². The Hall–Kier alpha value is -1.54. The molecule has 0 saturated heterocycles. The highest BCUT2D eigenvalue weighted by Crippen LogP contribution is 2.37. The minimum atomic E-state index is -0.842. The fourth-order valence-corrected chi connectivity index (χ4v) is 3.05. The van der Waals surface area contributed by atoms with Crippen LogP contribution in [0.4, 0.5) is 0 Å². The van der Waals surface area contributed by atoms with Gasteiger partial charge < -0.3 is 9.84 Å². The smallest absolute Gasteiger partial charge is 0.219 e. The van der Waals surface area contributed by atoms with Crippen molar-refractivity contribution in [1.29, 1.82) is 0 Å². The molecular weight excluding hydrogens is 272 g/mol. The normalized spacial score (nSPS) is 19.3. The quantitative estimate of drug-likeness (QED) is 0.466. The number of aliphatic hydroxyl groups excluding tert-OH is 1. The Balaban J connectivity index is 2.19. The topological polar surface area (TPSA) is 29.5 Å². The summed E-state index contributed by atoms with van der Waals surface area (Å²) in [5.74, 6) is 0.425. The van der Waals surface area contributed by atoms with E-state index >= 15 is 0 Å². The summed E-state index contributed by atoms with van der Waals surface area (Å²) in [5, 5.41) is 10.1. The van der Waals surface area contributed by atoms with E-state index in [1.807, 2.05) is 20.8 Å². The number of hydrogen-bond donors (Lipinski definition) is 1. The third kappa shape index (κ3) is 3.80. The van der Waals surface area contributed by atoms with Gasteiger partial charge in [0.2, 0.25) is 6.29 Å². The Morgan fingerprint density at radius 3 is 2.73 bits per heavy atom. The second kappa shape index (κ2) is 7.64. The number of ether oxygens (including phenoxy) is 1. The van der Waals surface area contributed by atoms with E-state index in [0.717, 1.165) is 24.0 Å². The predicted molar refractivity (Wildman–Crippen MR) is 91.6 cm³/mol. The van der Waals surface area contributed by atoms with Crippen molar-refractivity contribution < 1.29 is 9.84 Å². The molecule has 1 aromatic carbocycles. The lowest BCUT2D eigenvalue weighted by atomic mass is 9.78. The summed E-state index contributed by atoms with van der Waals surface area (Å²) >= 11 is 0. The van der Waals surface area contributed by atoms with Crippen LogP contribution in [0.25, 0.3) is 0 Å². The van der Waals surface area contributed by atoms with Crippen LogP contribution >= 0.6 is 0 Å². The van der Waals surface area contributed by atoms with Gasteiger partial charge in [-0.3, -0.25) is 0 Å². The maximum atomic E-state index is 10.1. The predicted octanol–water partition coefficient (Wildman–Crippen LogP) is 5.09. The molecule has 2 heteroatoms. The van der Waals surface area contributed by atoms with Crippen LogP contribution in [0.1, 0.15) is 64.0 Å². The van der Waals surface area contributed by atoms with Crippen LogP contribution < -0.4 is 0 Å². The molecule has 0 spiro atoms. The highest BCUT2D eigenvalue weighted by Gasteiger charge is 2.23. The lowest BCUT2D eigenvalue weighted by molar-refractivity contribution is -0.0226. The van der Waals surface area contributed by atoms with E-state index in [-0.39, 0.29) is 0 Å². The maximum Gasteiger partial charge on any atom is 0.219 e. The molecule has 22 heavy (non-hydrogen) atoms. The van der Waals surface area contributed by atoms with E-state index in [1.54, 1.807) is 6.26 Å². The van der Waals surface area contributed by atoms with E-state index in [2.05, 4.69) is 31.2 Å². The molecule has 2 unspecified atom stereocenters. The molecule has 2 atom stereocenters. The molecule has 1 aromatic rings. The van der Waals surface area contributed by atoms with Crippen LogP contribution in [-0.2, 0) is 11.2 Å². The molecule has 0 aliphatic heterocycles. The Morgan fingerprint density at radius 1 is 1.32 bits per heavy atom. The monoisotopic (exact) mass is 300 g/mol. The molecule has 2 nitrogen and oxygen atoms in total. The lowest BCUT2D eigenvalue weighted by Crippen LogP contribution is -2.14. The van der Waals surface area contributed by atoms with Gasteiger partial charge in [0.15, 0.2) is 0 Å². The standard InChI is InChI=1S/C20H28O2/c1-5-16(13-22-20(21)15(4)14(2)3)18-12-8-10-17-9-6-7-11-19(17)18/h6-7,9,11,13,18,20-21H,5,8,10,12H2,1-4H3/b16-13-. The fraction of sp³-hybridized carbons (Fsp3) is 0.500. The Kier molecular flexibility index (Phi) is 5.84. The van der Waals surface area contributed by atoms with Gasteiger partial charge in [0.25, 0.3) is 0 Å². The van der Waals surface area contributed by atoms with E-state index in [1.165, 1.54) is 29.5 Å². The summed E-state index contributed by atoms with van der Waals surface area (Å²) in [7, 11) is 0. The third-order valence-electron chi connectivity index (χ3n) is 4.73. The SMILES string of the molecule is CC/C(=C/OC(O)C(C)=C(C)C)C1CCCc2ccccc21. The van der Waals surface area contributed by atoms with Crippen LogP contribution in [-0.4, -0.2) is 11.4 Å². The molecule has 0 amide bonds. The largest absolute Gasteiger partial charge is 0.469 e. The van der Waals surface area contributed by atoms with Crippen molar-refractivity contribution in [2.45, 2.75) is 65.6 Å². The second-order valence-electron chi connectivity index (χ2n) is 6.36. The third-order valence-corrected chi connectivity index (χ3v) is 4.73. The van der Waals surface area contributed by atoms with Crippen molar-refractivity contribution in [2.24, 2.45) is 0 Å². The molecular formula is C20H28O2. The van der Waals surface area contributed by atoms with Crippen molar-refractivity contribution in [3.8, 4) is 0 Å². The molecule has 1 aliphatic rings. The molecule has 120 valence electrons. The molecule has 1 N–H and O–H groups in total. The van der Waals surface area contributed by atoms with Gasteiger partial charge in [-0.2, -0.15) is 0 Å². The number of fused-ring (bicyclic) bond motifs is 1. The van der Waals surface area contributed by atoms with Gasteiger partial charge in [-0.1, -0.05) is 36.8 Å². The summed E-state index contributed by atoms with van der Waals surface area (Å²) in [5.41, 5.74) is 6.14. The number of allylic oxidation sites excluding steroid dienone is 2. The fourth-order valence-electron chi connectivity index (χ4n) is 3.05. The number of rotatable bonds is 5. The van der Waals surface area contributed by atoms with Gasteiger partial charge in [0, 0.05) is 5.92 Å². The maximum absolute atomic E-state index is 10.1. The summed E-state index contributed by atoms with van der Waals surface area (Å²) in [6.45, 7) is 8.05. The highest BCUT2D eigenvalue weighted by molar-refractivity contribution is 5.37. The van der Waals surface area contributed by atoms with Crippen molar-refractivity contribution in [3.63, 3.8) is 0 Å². The highest BCUT2D eigenvalue weighted by atomic mass is 16.6. The molecule has 0 heterocycles. The van der Waals surface area contributed by atoms with Gasteiger partial charge in [0.05, 0.1) is 6.26 Å². The van der Waals surface area contributed by atoms with Gasteiger partial charge in [-0.15, -0.1) is 0 Å². The lowest BCUT2D eigenvalue weighted by Gasteiger charge is -2.27. The van der Waals surface area contributed by atoms with Crippen molar-refractivity contribution in [3.05, 3.63) is 58.4 Å². The zero-order chi connectivity index (χ0) is 16.1. The molecule has 1 aliphatic carbocycles. The van der Waals surface area contributed by atoms with Gasteiger partial charge in [-0.25, -0.2) is 0 Å². The number of benzene rings is 1. The first kappa shape index (κ1) is 16.8. The Morgan fingerprint density at radius 2 is 2.05 bits per heavy atom. The number of hydrogen-bond acceptors (Lipinski definition) is 2. The second-order valence-corrected chi connectivity index (χ2v) is 6.36. The molecule has 0 fully saturated rings. The first-order chi connectivity index (χ1) is 10.5. The zero-order valence-electron chi connectivity index (χ0n) is 14.2. The number of aryl methyl sites for hydroxylation is 1. The minimum Gasteiger partial charge on any atom is -0.469 e. The first-order valence-corrected chi connectivity index (χ1v) is 8.28. The average molecular weight is 300 g/mol. The molecule has 0 bridgehead atoms. The van der Waals surface area contributed by atoms with Gasteiger partial charge >= 0.3 is 0 Å². The molecule has 0 radical (unpaired) electrons. The Labute approximate surface area is 134 Å². The van der Waals surface area contributed by atoms with E-state index < -0.39 is 6.29 Å². The van der Waals surface area contributed by atoms with Crippen LogP contribution in [0.15, 0.2) is 47.2 Å². The summed E-state index contributed by atoms with van der Waals surface area (Å²) < 4.78 is 5.62. The van der Waals surface area contributed by atoms with Crippen molar-refractivity contribution in [2.75, 3.05) is 0 Å². The average Bonchev–Trinajstić information content (AvgIpc) is 2.54. The van der Waals surface area contributed by atoms with Crippen LogP contribution in [0.5, 0.6) is 0 Å². The van der Waals surface area contributed by atoms with E-state index in [0.29, 0.717) is 5.92 Å². The van der Waals surface area contributed by atoms with Crippen LogP contribution in [0, 0.1) is 0 Å². The first-order valence-electron chi connectivity index (χ1n) is 8.28. The Bertz CT molecular complexity index is 565. The molecule has 0 aromatic heterocycles. The van der Waals surface area contributed by atoms with E-state index in [9.17, 15) is 5.11 Å². The zero-order valence-corrected chi connectivity index (χ0v) is 14.2. The molecule has 0 saturated carbocycles. The van der Waals surface area contributed by atoms with Crippen LogP contribution in [0.2, 0.25) is 0 Å². The van der Waals surface area contributed by atoms with Crippen molar-refractivity contribution >= 4 is 0 Å². The summed E-state index contributed by atoms with van der Waals surface area (Å²) in [4.78, 5) is 0. The summed E-state index contributed by atoms with van der Waals surface area (Å²) in [6, 6.07) is 8.71. The van der Waals surface area contributed by atoms with Crippen LogP contribution in [0.3, 0.4) is 0 Å². The molecule has 2 rings (SSSR count). The number of aliphatic hydroxyl groups is 1.